The number of halogens is 1. The van der Waals surface area contributed by atoms with Gasteiger partial charge in [0, 0.05) is 24.9 Å². The van der Waals surface area contributed by atoms with E-state index in [1.165, 1.54) is 0 Å². The van der Waals surface area contributed by atoms with Crippen LogP contribution in [0.25, 0.3) is 0 Å². The van der Waals surface area contributed by atoms with Crippen molar-refractivity contribution in [1.29, 1.82) is 0 Å². The smallest absolute Gasteiger partial charge is 0.229 e. The Labute approximate surface area is 169 Å². The van der Waals surface area contributed by atoms with Crippen molar-refractivity contribution in [2.75, 3.05) is 23.0 Å². The fourth-order valence-corrected chi connectivity index (χ4v) is 3.90. The van der Waals surface area contributed by atoms with E-state index in [1.807, 2.05) is 24.3 Å². The minimum atomic E-state index is -3.54. The summed E-state index contributed by atoms with van der Waals surface area (Å²) >= 11 is 0. The molecular formula is C21H23FN2O4S. The molecule has 0 saturated carbocycles. The van der Waals surface area contributed by atoms with Gasteiger partial charge in [-0.2, -0.15) is 0 Å². The first-order valence-electron chi connectivity index (χ1n) is 9.27. The molecule has 1 N–H and O–H groups in total. The predicted molar refractivity (Wildman–Crippen MR) is 109 cm³/mol. The summed E-state index contributed by atoms with van der Waals surface area (Å²) in [6, 6.07) is 10.8. The molecule has 0 bridgehead atoms. The molecule has 1 saturated heterocycles. The van der Waals surface area contributed by atoms with Crippen LogP contribution in [0.4, 0.5) is 15.8 Å². The second kappa shape index (κ2) is 7.94. The molecule has 0 aromatic heterocycles. The summed E-state index contributed by atoms with van der Waals surface area (Å²) in [5, 5.41) is 2.43. The Morgan fingerprint density at radius 2 is 1.93 bits per heavy atom. The number of hydrogen-bond donors (Lipinski definition) is 1. The molecule has 1 heterocycles. The molecule has 29 heavy (non-hydrogen) atoms. The molecule has 0 unspecified atom stereocenters. The van der Waals surface area contributed by atoms with Gasteiger partial charge in [0.05, 0.1) is 16.5 Å². The highest BCUT2D eigenvalue weighted by atomic mass is 32.2. The molecule has 1 aliphatic rings. The highest BCUT2D eigenvalue weighted by Gasteiger charge is 2.35. The summed E-state index contributed by atoms with van der Waals surface area (Å²) in [7, 11) is -3.54. The van der Waals surface area contributed by atoms with Gasteiger partial charge < -0.3 is 10.2 Å². The molecule has 0 aliphatic carbocycles. The van der Waals surface area contributed by atoms with Crippen LogP contribution in [0.1, 0.15) is 31.7 Å². The second-order valence-electron chi connectivity index (χ2n) is 7.56. The largest absolute Gasteiger partial charge is 0.323 e. The number of rotatable bonds is 5. The lowest BCUT2D eigenvalue weighted by Crippen LogP contribution is -2.28. The summed E-state index contributed by atoms with van der Waals surface area (Å²) < 4.78 is 37.4. The van der Waals surface area contributed by atoms with Gasteiger partial charge in [-0.1, -0.05) is 26.0 Å². The van der Waals surface area contributed by atoms with Gasteiger partial charge in [0.25, 0.3) is 0 Å². The third-order valence-corrected chi connectivity index (χ3v) is 6.08. The average molecular weight is 418 g/mol. The van der Waals surface area contributed by atoms with Crippen molar-refractivity contribution in [3.63, 3.8) is 0 Å². The van der Waals surface area contributed by atoms with Gasteiger partial charge in [-0.15, -0.1) is 0 Å². The van der Waals surface area contributed by atoms with E-state index in [0.29, 0.717) is 5.92 Å². The maximum atomic E-state index is 14.1. The molecule has 0 spiro atoms. The summed E-state index contributed by atoms with van der Waals surface area (Å²) in [4.78, 5) is 26.5. The van der Waals surface area contributed by atoms with E-state index in [4.69, 9.17) is 0 Å². The molecule has 154 valence electrons. The molecule has 8 heteroatoms. The second-order valence-corrected chi connectivity index (χ2v) is 9.57. The monoisotopic (exact) mass is 418 g/mol. The Bertz CT molecular complexity index is 1070. The van der Waals surface area contributed by atoms with E-state index < -0.39 is 27.5 Å². The first-order valence-corrected chi connectivity index (χ1v) is 11.2. The number of sulfone groups is 1. The topological polar surface area (TPSA) is 83.6 Å². The van der Waals surface area contributed by atoms with E-state index in [1.54, 1.807) is 4.90 Å². The van der Waals surface area contributed by atoms with E-state index in [2.05, 4.69) is 19.2 Å². The van der Waals surface area contributed by atoms with Gasteiger partial charge in [0.1, 0.15) is 5.82 Å². The van der Waals surface area contributed by atoms with Gasteiger partial charge in [-0.3, -0.25) is 9.59 Å². The maximum absolute atomic E-state index is 14.1. The van der Waals surface area contributed by atoms with E-state index in [9.17, 15) is 22.4 Å². The minimum Gasteiger partial charge on any atom is -0.323 e. The number of amides is 2. The first kappa shape index (κ1) is 21.0. The molecule has 6 nitrogen and oxygen atoms in total. The van der Waals surface area contributed by atoms with Crippen molar-refractivity contribution in [3.05, 3.63) is 53.8 Å². The number of anilines is 2. The lowest BCUT2D eigenvalue weighted by Gasteiger charge is -2.18. The van der Waals surface area contributed by atoms with Crippen molar-refractivity contribution < 1.29 is 22.4 Å². The third kappa shape index (κ3) is 4.64. The Balaban J connectivity index is 1.77. The third-order valence-electron chi connectivity index (χ3n) is 4.97. The zero-order valence-electron chi connectivity index (χ0n) is 16.5. The highest BCUT2D eigenvalue weighted by Crippen LogP contribution is 2.29. The Morgan fingerprint density at radius 1 is 1.21 bits per heavy atom. The molecule has 2 aromatic rings. The normalized spacial score (nSPS) is 17.1. The van der Waals surface area contributed by atoms with Crippen LogP contribution in [0.5, 0.6) is 0 Å². The number of carbonyl (C=O) groups is 2. The van der Waals surface area contributed by atoms with Crippen LogP contribution in [-0.2, 0) is 19.4 Å². The fraction of sp³-hybridized carbons (Fsp3) is 0.333. The first-order chi connectivity index (χ1) is 13.6. The number of hydrogen-bond acceptors (Lipinski definition) is 4. The summed E-state index contributed by atoms with van der Waals surface area (Å²) in [6.45, 7) is 4.29. The Hall–Kier alpha value is -2.74. The SMILES string of the molecule is CC(C)c1cccc(N2C[C@H](C(=O)Nc3cc(S(C)(=O)=O)ccc3F)CC2=O)c1. The van der Waals surface area contributed by atoms with Gasteiger partial charge >= 0.3 is 0 Å². The van der Waals surface area contributed by atoms with Gasteiger partial charge in [-0.05, 0) is 41.8 Å². The standard InChI is InChI=1S/C21H23FN2O4S/c1-13(2)14-5-4-6-16(9-14)24-12-15(10-20(24)25)21(26)23-19-11-17(29(3,27)28)7-8-18(19)22/h4-9,11,13,15H,10,12H2,1-3H3,(H,23,26)/t15-/m1/s1. The van der Waals surface area contributed by atoms with Crippen molar-refractivity contribution in [2.24, 2.45) is 5.92 Å². The predicted octanol–water partition coefficient (Wildman–Crippen LogP) is 3.34. The summed E-state index contributed by atoms with van der Waals surface area (Å²) in [5.41, 5.74) is 1.59. The van der Waals surface area contributed by atoms with Crippen molar-refractivity contribution >= 4 is 33.0 Å². The average Bonchev–Trinajstić information content (AvgIpc) is 3.04. The molecule has 3 rings (SSSR count). The van der Waals surface area contributed by atoms with Crippen LogP contribution >= 0.6 is 0 Å². The molecular weight excluding hydrogens is 395 g/mol. The molecule has 0 radical (unpaired) electrons. The van der Waals surface area contributed by atoms with Gasteiger partial charge in [0.2, 0.25) is 11.8 Å². The van der Waals surface area contributed by atoms with Crippen molar-refractivity contribution in [2.45, 2.75) is 31.1 Å². The molecule has 2 amide bonds. The Morgan fingerprint density at radius 3 is 2.59 bits per heavy atom. The zero-order chi connectivity index (χ0) is 21.3. The number of nitrogens with one attached hydrogen (secondary N) is 1. The van der Waals surface area contributed by atoms with Crippen LogP contribution in [-0.4, -0.2) is 33.0 Å². The summed E-state index contributed by atoms with van der Waals surface area (Å²) in [5.74, 6) is -1.80. The van der Waals surface area contributed by atoms with E-state index in [0.717, 1.165) is 35.7 Å². The highest BCUT2D eigenvalue weighted by molar-refractivity contribution is 7.90. The van der Waals surface area contributed by atoms with Crippen molar-refractivity contribution in [3.8, 4) is 0 Å². The van der Waals surface area contributed by atoms with E-state index >= 15 is 0 Å². The number of benzene rings is 2. The minimum absolute atomic E-state index is 0.00508. The number of carbonyl (C=O) groups excluding carboxylic acids is 2. The lowest BCUT2D eigenvalue weighted by molar-refractivity contribution is -0.122. The van der Waals surface area contributed by atoms with Crippen LogP contribution in [0.3, 0.4) is 0 Å². The molecule has 1 fully saturated rings. The van der Waals surface area contributed by atoms with Crippen LogP contribution in [0.15, 0.2) is 47.4 Å². The lowest BCUT2D eigenvalue weighted by atomic mass is 10.0. The summed E-state index contributed by atoms with van der Waals surface area (Å²) in [6.07, 6.45) is 1.01. The van der Waals surface area contributed by atoms with Gasteiger partial charge in [-0.25, -0.2) is 12.8 Å². The molecule has 1 aliphatic heterocycles. The van der Waals surface area contributed by atoms with Crippen LogP contribution in [0, 0.1) is 11.7 Å². The fourth-order valence-electron chi connectivity index (χ4n) is 3.25. The molecule has 2 aromatic carbocycles. The number of nitrogens with zero attached hydrogens (tertiary/aromatic N) is 1. The maximum Gasteiger partial charge on any atom is 0.229 e. The molecule has 1 atom stereocenters. The van der Waals surface area contributed by atoms with E-state index in [-0.39, 0.29) is 29.5 Å². The Kier molecular flexibility index (Phi) is 5.75. The van der Waals surface area contributed by atoms with Crippen LogP contribution < -0.4 is 10.2 Å². The van der Waals surface area contributed by atoms with Crippen molar-refractivity contribution in [1.82, 2.24) is 0 Å². The van der Waals surface area contributed by atoms with Gasteiger partial charge in [0.15, 0.2) is 9.84 Å². The van der Waals surface area contributed by atoms with Crippen LogP contribution in [0.2, 0.25) is 0 Å². The zero-order valence-corrected chi connectivity index (χ0v) is 17.3. The quantitative estimate of drug-likeness (QED) is 0.755.